The highest BCUT2D eigenvalue weighted by Gasteiger charge is 2.16. The minimum Gasteiger partial charge on any atom is -0.444 e. The van der Waals surface area contributed by atoms with Gasteiger partial charge in [-0.2, -0.15) is 0 Å². The van der Waals surface area contributed by atoms with Crippen LogP contribution in [0.2, 0.25) is 0 Å². The zero-order chi connectivity index (χ0) is 16.2. The van der Waals surface area contributed by atoms with Gasteiger partial charge in [-0.05, 0) is 39.3 Å². The molecule has 2 aromatic rings. The lowest BCUT2D eigenvalue weighted by atomic mass is 10.2. The van der Waals surface area contributed by atoms with Crippen molar-refractivity contribution in [2.45, 2.75) is 52.7 Å². The van der Waals surface area contributed by atoms with Crippen LogP contribution in [-0.4, -0.2) is 27.8 Å². The molecule has 5 nitrogen and oxygen atoms in total. The topological polar surface area (TPSA) is 56.2 Å². The summed E-state index contributed by atoms with van der Waals surface area (Å²) in [6.45, 7) is 9.16. The van der Waals surface area contributed by atoms with Crippen LogP contribution in [0.4, 0.5) is 4.79 Å². The number of nitrogens with one attached hydrogen (secondary N) is 1. The van der Waals surface area contributed by atoms with Crippen molar-refractivity contribution in [3.8, 4) is 0 Å². The molecule has 0 aliphatic heterocycles. The van der Waals surface area contributed by atoms with E-state index in [0.717, 1.165) is 29.8 Å². The van der Waals surface area contributed by atoms with Gasteiger partial charge in [-0.3, -0.25) is 0 Å². The fraction of sp³-hybridized carbons (Fsp3) is 0.529. The first-order valence-electron chi connectivity index (χ1n) is 7.81. The number of alkyl carbamates (subject to hydrolysis) is 1. The molecule has 0 aliphatic rings. The Labute approximate surface area is 131 Å². The Morgan fingerprint density at radius 2 is 2.05 bits per heavy atom. The second-order valence-electron chi connectivity index (χ2n) is 6.35. The zero-order valence-corrected chi connectivity index (χ0v) is 13.8. The van der Waals surface area contributed by atoms with Crippen molar-refractivity contribution in [1.82, 2.24) is 14.9 Å². The van der Waals surface area contributed by atoms with Crippen LogP contribution in [0.15, 0.2) is 24.3 Å². The van der Waals surface area contributed by atoms with Crippen LogP contribution < -0.4 is 5.32 Å². The van der Waals surface area contributed by atoms with E-state index < -0.39 is 5.60 Å². The zero-order valence-electron chi connectivity index (χ0n) is 13.8. The molecule has 2 rings (SSSR count). The fourth-order valence-corrected chi connectivity index (χ4v) is 2.38. The molecule has 0 atom stereocenters. The fourth-order valence-electron chi connectivity index (χ4n) is 2.38. The number of aromatic nitrogens is 2. The standard InChI is InChI=1S/C17H25N3O2/c1-5-12-20-14-9-7-6-8-13(14)19-15(20)10-11-18-16(21)22-17(2,3)4/h6-9H,5,10-12H2,1-4H3,(H,18,21). The number of aryl methyl sites for hydroxylation is 1. The van der Waals surface area contributed by atoms with E-state index in [4.69, 9.17) is 4.74 Å². The minimum absolute atomic E-state index is 0.384. The lowest BCUT2D eigenvalue weighted by molar-refractivity contribution is 0.0528. The van der Waals surface area contributed by atoms with Crippen LogP contribution in [-0.2, 0) is 17.7 Å². The van der Waals surface area contributed by atoms with Crippen LogP contribution >= 0.6 is 0 Å². The maximum Gasteiger partial charge on any atom is 0.407 e. The number of carbonyl (C=O) groups is 1. The highest BCUT2D eigenvalue weighted by molar-refractivity contribution is 5.76. The maximum atomic E-state index is 11.7. The van der Waals surface area contributed by atoms with Crippen molar-refractivity contribution in [1.29, 1.82) is 0 Å². The van der Waals surface area contributed by atoms with Gasteiger partial charge in [-0.15, -0.1) is 0 Å². The molecule has 0 unspecified atom stereocenters. The summed E-state index contributed by atoms with van der Waals surface area (Å²) < 4.78 is 7.46. The molecule has 1 aromatic heterocycles. The largest absolute Gasteiger partial charge is 0.444 e. The van der Waals surface area contributed by atoms with Crippen molar-refractivity contribution in [2.24, 2.45) is 0 Å². The molecule has 0 bridgehead atoms. The molecule has 5 heteroatoms. The summed E-state index contributed by atoms with van der Waals surface area (Å²) in [6, 6.07) is 8.13. The summed E-state index contributed by atoms with van der Waals surface area (Å²) in [4.78, 5) is 16.3. The number of para-hydroxylation sites is 2. The quantitative estimate of drug-likeness (QED) is 0.919. The van der Waals surface area contributed by atoms with E-state index in [2.05, 4.69) is 27.9 Å². The Hall–Kier alpha value is -2.04. The van der Waals surface area contributed by atoms with E-state index in [1.165, 1.54) is 0 Å². The molecule has 1 heterocycles. The smallest absolute Gasteiger partial charge is 0.407 e. The third-order valence-electron chi connectivity index (χ3n) is 3.20. The van der Waals surface area contributed by atoms with E-state index >= 15 is 0 Å². The van der Waals surface area contributed by atoms with Crippen molar-refractivity contribution in [3.63, 3.8) is 0 Å². The molecule has 22 heavy (non-hydrogen) atoms. The first-order chi connectivity index (χ1) is 10.4. The van der Waals surface area contributed by atoms with Gasteiger partial charge in [0, 0.05) is 19.5 Å². The molecule has 0 fully saturated rings. The number of amides is 1. The monoisotopic (exact) mass is 303 g/mol. The summed E-state index contributed by atoms with van der Waals surface area (Å²) in [6.07, 6.45) is 1.35. The summed E-state index contributed by atoms with van der Waals surface area (Å²) in [7, 11) is 0. The van der Waals surface area contributed by atoms with E-state index in [9.17, 15) is 4.79 Å². The molecule has 0 saturated heterocycles. The van der Waals surface area contributed by atoms with Crippen LogP contribution in [0, 0.1) is 0 Å². The summed E-state index contributed by atoms with van der Waals surface area (Å²) in [5.41, 5.74) is 1.68. The van der Waals surface area contributed by atoms with Gasteiger partial charge in [0.15, 0.2) is 0 Å². The first-order valence-corrected chi connectivity index (χ1v) is 7.81. The number of hydrogen-bond donors (Lipinski definition) is 1. The molecular weight excluding hydrogens is 278 g/mol. The summed E-state index contributed by atoms with van der Waals surface area (Å²) >= 11 is 0. The van der Waals surface area contributed by atoms with Gasteiger partial charge in [0.2, 0.25) is 0 Å². The van der Waals surface area contributed by atoms with Gasteiger partial charge >= 0.3 is 6.09 Å². The Morgan fingerprint density at radius 1 is 1.32 bits per heavy atom. The second kappa shape index (κ2) is 6.81. The SMILES string of the molecule is CCCn1c(CCNC(=O)OC(C)(C)C)nc2ccccc21. The Balaban J connectivity index is 2.02. The van der Waals surface area contributed by atoms with Gasteiger partial charge in [-0.1, -0.05) is 19.1 Å². The molecule has 1 amide bonds. The number of ether oxygens (including phenoxy) is 1. The van der Waals surface area contributed by atoms with Crippen molar-refractivity contribution < 1.29 is 9.53 Å². The number of carbonyl (C=O) groups excluding carboxylic acids is 1. The highest BCUT2D eigenvalue weighted by Crippen LogP contribution is 2.16. The predicted octanol–water partition coefficient (Wildman–Crippen LogP) is 3.51. The minimum atomic E-state index is -0.473. The third kappa shape index (κ3) is 4.23. The van der Waals surface area contributed by atoms with Crippen molar-refractivity contribution in [2.75, 3.05) is 6.54 Å². The highest BCUT2D eigenvalue weighted by atomic mass is 16.6. The molecule has 0 saturated carbocycles. The average Bonchev–Trinajstić information content (AvgIpc) is 2.76. The van der Waals surface area contributed by atoms with Gasteiger partial charge < -0.3 is 14.6 Å². The molecule has 1 N–H and O–H groups in total. The van der Waals surface area contributed by atoms with Crippen molar-refractivity contribution in [3.05, 3.63) is 30.1 Å². The Kier molecular flexibility index (Phi) is 5.06. The Bertz CT molecular complexity index is 641. The molecule has 120 valence electrons. The van der Waals surface area contributed by atoms with Crippen molar-refractivity contribution >= 4 is 17.1 Å². The van der Waals surface area contributed by atoms with Crippen LogP contribution in [0.1, 0.15) is 39.9 Å². The summed E-state index contributed by atoms with van der Waals surface area (Å²) in [5.74, 6) is 0.999. The number of nitrogens with zero attached hydrogens (tertiary/aromatic N) is 2. The lowest BCUT2D eigenvalue weighted by Gasteiger charge is -2.19. The van der Waals surface area contributed by atoms with E-state index in [1.807, 2.05) is 39.0 Å². The van der Waals surface area contributed by atoms with Gasteiger partial charge in [0.1, 0.15) is 11.4 Å². The van der Waals surface area contributed by atoms with E-state index in [-0.39, 0.29) is 6.09 Å². The van der Waals surface area contributed by atoms with Gasteiger partial charge in [0.25, 0.3) is 0 Å². The normalized spacial score (nSPS) is 11.6. The first kappa shape index (κ1) is 16.3. The van der Waals surface area contributed by atoms with Crippen LogP contribution in [0.3, 0.4) is 0 Å². The number of imidazole rings is 1. The molecule has 0 spiro atoms. The Morgan fingerprint density at radius 3 is 2.73 bits per heavy atom. The average molecular weight is 303 g/mol. The molecular formula is C17H25N3O2. The number of rotatable bonds is 5. The second-order valence-corrected chi connectivity index (χ2v) is 6.35. The van der Waals surface area contributed by atoms with Gasteiger partial charge in [-0.25, -0.2) is 9.78 Å². The molecule has 0 radical (unpaired) electrons. The summed E-state index contributed by atoms with van der Waals surface area (Å²) in [5, 5.41) is 2.79. The predicted molar refractivity (Wildman–Crippen MR) is 88.0 cm³/mol. The van der Waals surface area contributed by atoms with Gasteiger partial charge in [0.05, 0.1) is 11.0 Å². The number of hydrogen-bond acceptors (Lipinski definition) is 3. The van der Waals surface area contributed by atoms with Crippen LogP contribution in [0.25, 0.3) is 11.0 Å². The molecule has 1 aromatic carbocycles. The lowest BCUT2D eigenvalue weighted by Crippen LogP contribution is -2.33. The van der Waals surface area contributed by atoms with E-state index in [1.54, 1.807) is 0 Å². The number of fused-ring (bicyclic) bond motifs is 1. The number of benzene rings is 1. The molecule has 0 aliphatic carbocycles. The van der Waals surface area contributed by atoms with Crippen LogP contribution in [0.5, 0.6) is 0 Å². The van der Waals surface area contributed by atoms with E-state index in [0.29, 0.717) is 13.0 Å². The third-order valence-corrected chi connectivity index (χ3v) is 3.20. The maximum absolute atomic E-state index is 11.7.